The van der Waals surface area contributed by atoms with Gasteiger partial charge in [-0.25, -0.2) is 9.98 Å². The summed E-state index contributed by atoms with van der Waals surface area (Å²) in [4.78, 5) is 7.96. The molecular weight excluding hydrogens is 126 g/mol. The molecule has 1 heterocycles. The minimum Gasteiger partial charge on any atom is -0.292 e. The van der Waals surface area contributed by atoms with E-state index in [-0.39, 0.29) is 0 Å². The molecule has 0 fully saturated rings. The highest BCUT2D eigenvalue weighted by Crippen LogP contribution is 2.06. The molecule has 0 bridgehead atoms. The topological polar surface area (TPSA) is 30.2 Å². The molecule has 1 aromatic heterocycles. The zero-order valence-corrected chi connectivity index (χ0v) is 5.86. The molecule has 3 heteroatoms. The van der Waals surface area contributed by atoms with Gasteiger partial charge in [0.25, 0.3) is 0 Å². The number of rotatable bonds is 2. The van der Waals surface area contributed by atoms with Crippen LogP contribution in [-0.4, -0.2) is 15.8 Å². The molecule has 0 radical (unpaired) electrons. The van der Waals surface area contributed by atoms with Crippen molar-refractivity contribution in [3.05, 3.63) is 19.0 Å². The zero-order chi connectivity index (χ0) is 7.40. The van der Waals surface area contributed by atoms with Gasteiger partial charge in [-0.1, -0.05) is 6.58 Å². The van der Waals surface area contributed by atoms with Crippen LogP contribution in [-0.2, 0) is 0 Å². The van der Waals surface area contributed by atoms with Crippen LogP contribution < -0.4 is 0 Å². The third kappa shape index (κ3) is 1.13. The van der Waals surface area contributed by atoms with E-state index in [1.165, 1.54) is 0 Å². The van der Waals surface area contributed by atoms with Gasteiger partial charge in [-0.3, -0.25) is 4.57 Å². The number of hydrogen-bond acceptors (Lipinski definition) is 2. The maximum absolute atomic E-state index is 3.99. The Hall–Kier alpha value is -1.38. The summed E-state index contributed by atoms with van der Waals surface area (Å²) in [5.74, 6) is 0.664. The first-order chi connectivity index (χ1) is 4.88. The van der Waals surface area contributed by atoms with Crippen molar-refractivity contribution >= 4 is 18.4 Å². The van der Waals surface area contributed by atoms with Crippen LogP contribution in [0.2, 0.25) is 0 Å². The number of imidazole rings is 1. The Labute approximate surface area is 59.7 Å². The molecule has 10 heavy (non-hydrogen) atoms. The van der Waals surface area contributed by atoms with Crippen LogP contribution in [0.25, 0.3) is 6.20 Å². The lowest BCUT2D eigenvalue weighted by molar-refractivity contribution is 1.12. The minimum atomic E-state index is 0.664. The van der Waals surface area contributed by atoms with Gasteiger partial charge in [0.05, 0.1) is 0 Å². The van der Waals surface area contributed by atoms with Crippen molar-refractivity contribution in [1.82, 2.24) is 9.55 Å². The second-order valence-electron chi connectivity index (χ2n) is 1.70. The predicted molar refractivity (Wildman–Crippen MR) is 42.4 cm³/mol. The Kier molecular flexibility index (Phi) is 1.99. The van der Waals surface area contributed by atoms with Crippen LogP contribution in [0.3, 0.4) is 0 Å². The highest BCUT2D eigenvalue weighted by Gasteiger charge is 1.92. The van der Waals surface area contributed by atoms with Crippen molar-refractivity contribution in [2.45, 2.75) is 6.92 Å². The molecule has 3 nitrogen and oxygen atoms in total. The van der Waals surface area contributed by atoms with Gasteiger partial charge in [0.1, 0.15) is 0 Å². The zero-order valence-electron chi connectivity index (χ0n) is 5.86. The van der Waals surface area contributed by atoms with Gasteiger partial charge in [0.2, 0.25) is 5.95 Å². The Morgan fingerprint density at radius 3 is 3.20 bits per heavy atom. The third-order valence-corrected chi connectivity index (χ3v) is 1.09. The van der Waals surface area contributed by atoms with E-state index in [1.807, 2.05) is 6.92 Å². The molecule has 0 saturated heterocycles. The summed E-state index contributed by atoms with van der Waals surface area (Å²) < 4.78 is 1.75. The predicted octanol–water partition coefficient (Wildman–Crippen LogP) is 1.71. The van der Waals surface area contributed by atoms with E-state index in [2.05, 4.69) is 16.6 Å². The van der Waals surface area contributed by atoms with Gasteiger partial charge in [0, 0.05) is 24.8 Å². The minimum absolute atomic E-state index is 0.664. The Morgan fingerprint density at radius 2 is 2.60 bits per heavy atom. The fourth-order valence-corrected chi connectivity index (χ4v) is 0.663. The number of nitrogens with zero attached hydrogens (tertiary/aromatic N) is 3. The summed E-state index contributed by atoms with van der Waals surface area (Å²) in [5.41, 5.74) is 0. The van der Waals surface area contributed by atoms with E-state index in [0.717, 1.165) is 0 Å². The molecule has 0 aliphatic rings. The maximum atomic E-state index is 3.99. The molecule has 0 unspecified atom stereocenters. The Morgan fingerprint density at radius 1 is 1.80 bits per heavy atom. The molecule has 0 N–H and O–H groups in total. The molecule has 52 valence electrons. The standard InChI is InChI=1S/C7H9N3/c1-3-8-7-9-5-6-10(7)4-2/h3-6H,2H2,1H3. The van der Waals surface area contributed by atoms with Crippen LogP contribution >= 0.6 is 0 Å². The fraction of sp³-hybridized carbons (Fsp3) is 0.143. The van der Waals surface area contributed by atoms with Crippen molar-refractivity contribution < 1.29 is 0 Å². The fourth-order valence-electron chi connectivity index (χ4n) is 0.663. The Balaban J connectivity index is 3.00. The van der Waals surface area contributed by atoms with E-state index in [0.29, 0.717) is 5.95 Å². The summed E-state index contributed by atoms with van der Waals surface area (Å²) in [5, 5.41) is 0. The SMILES string of the molecule is C=Cn1ccnc1N=CC. The van der Waals surface area contributed by atoms with Crippen LogP contribution in [0.5, 0.6) is 0 Å². The first-order valence-corrected chi connectivity index (χ1v) is 3.02. The van der Waals surface area contributed by atoms with Gasteiger partial charge in [-0.2, -0.15) is 0 Å². The molecule has 0 amide bonds. The third-order valence-electron chi connectivity index (χ3n) is 1.09. The molecule has 0 spiro atoms. The van der Waals surface area contributed by atoms with Crippen molar-refractivity contribution in [2.24, 2.45) is 4.99 Å². The van der Waals surface area contributed by atoms with Crippen LogP contribution in [0.1, 0.15) is 6.92 Å². The smallest absolute Gasteiger partial charge is 0.233 e. The van der Waals surface area contributed by atoms with Crippen molar-refractivity contribution in [3.63, 3.8) is 0 Å². The number of hydrogen-bond donors (Lipinski definition) is 0. The molecule has 0 aromatic carbocycles. The lowest BCUT2D eigenvalue weighted by Gasteiger charge is -1.91. The van der Waals surface area contributed by atoms with Crippen molar-refractivity contribution in [2.75, 3.05) is 0 Å². The van der Waals surface area contributed by atoms with E-state index in [4.69, 9.17) is 0 Å². The first kappa shape index (κ1) is 6.74. The van der Waals surface area contributed by atoms with E-state index in [9.17, 15) is 0 Å². The quantitative estimate of drug-likeness (QED) is 0.568. The lowest BCUT2D eigenvalue weighted by Crippen LogP contribution is -1.80. The first-order valence-electron chi connectivity index (χ1n) is 3.02. The highest BCUT2D eigenvalue weighted by atomic mass is 15.1. The summed E-state index contributed by atoms with van der Waals surface area (Å²) >= 11 is 0. The lowest BCUT2D eigenvalue weighted by atomic mass is 10.8. The second-order valence-corrected chi connectivity index (χ2v) is 1.70. The van der Waals surface area contributed by atoms with E-state index < -0.39 is 0 Å². The van der Waals surface area contributed by atoms with E-state index >= 15 is 0 Å². The highest BCUT2D eigenvalue weighted by molar-refractivity contribution is 5.58. The van der Waals surface area contributed by atoms with Crippen LogP contribution in [0.15, 0.2) is 24.0 Å². The molecule has 0 atom stereocenters. The average Bonchev–Trinajstić information content (AvgIpc) is 2.36. The van der Waals surface area contributed by atoms with Gasteiger partial charge in [-0.15, -0.1) is 0 Å². The molecule has 1 aromatic rings. The maximum Gasteiger partial charge on any atom is 0.233 e. The number of aromatic nitrogens is 2. The molecular formula is C7H9N3. The summed E-state index contributed by atoms with van der Waals surface area (Å²) in [6.45, 7) is 5.44. The largest absolute Gasteiger partial charge is 0.292 e. The van der Waals surface area contributed by atoms with Crippen LogP contribution in [0.4, 0.5) is 5.95 Å². The average molecular weight is 135 g/mol. The van der Waals surface area contributed by atoms with Gasteiger partial charge >= 0.3 is 0 Å². The number of aliphatic imine (C=N–C) groups is 1. The second kappa shape index (κ2) is 2.96. The van der Waals surface area contributed by atoms with Crippen LogP contribution in [0, 0.1) is 0 Å². The van der Waals surface area contributed by atoms with Gasteiger partial charge < -0.3 is 0 Å². The normalized spacial score (nSPS) is 10.5. The molecule has 0 aliphatic carbocycles. The van der Waals surface area contributed by atoms with Crippen molar-refractivity contribution in [3.8, 4) is 0 Å². The molecule has 1 rings (SSSR count). The summed E-state index contributed by atoms with van der Waals surface area (Å²) in [7, 11) is 0. The monoisotopic (exact) mass is 135 g/mol. The van der Waals surface area contributed by atoms with Gasteiger partial charge in [-0.05, 0) is 6.92 Å². The molecule has 0 aliphatic heterocycles. The summed E-state index contributed by atoms with van der Waals surface area (Å²) in [6.07, 6.45) is 6.84. The molecule has 0 saturated carbocycles. The Bertz CT molecular complexity index is 247. The van der Waals surface area contributed by atoms with Gasteiger partial charge in [0.15, 0.2) is 0 Å². The van der Waals surface area contributed by atoms with E-state index in [1.54, 1.807) is 29.4 Å². The summed E-state index contributed by atoms with van der Waals surface area (Å²) in [6, 6.07) is 0. The van der Waals surface area contributed by atoms with Crippen molar-refractivity contribution in [1.29, 1.82) is 0 Å².